The highest BCUT2D eigenvalue weighted by Gasteiger charge is 2.72. The normalized spacial score (nSPS) is 11.9. The molecule has 0 saturated heterocycles. The van der Waals surface area contributed by atoms with E-state index >= 15 is 0 Å². The van der Waals surface area contributed by atoms with E-state index < -0.39 is 40.8 Å². The lowest BCUT2D eigenvalue weighted by Gasteiger charge is -2.38. The first kappa shape index (κ1) is 44.7. The van der Waals surface area contributed by atoms with Crippen molar-refractivity contribution in [3.05, 3.63) is 119 Å². The van der Waals surface area contributed by atoms with Crippen molar-refractivity contribution in [1.82, 2.24) is 0 Å². The molecule has 6 nitrogen and oxygen atoms in total. The zero-order valence-electron chi connectivity index (χ0n) is 32.4. The Morgan fingerprint density at radius 3 is 1.04 bits per heavy atom. The van der Waals surface area contributed by atoms with Gasteiger partial charge in [0.1, 0.15) is 23.0 Å². The molecule has 0 spiro atoms. The fourth-order valence-corrected chi connectivity index (χ4v) is 6.38. The number of carbonyl (C=O) groups excluding carboxylic acids is 2. The van der Waals surface area contributed by atoms with E-state index in [1.54, 1.807) is 24.3 Å². The van der Waals surface area contributed by atoms with Crippen LogP contribution in [0.3, 0.4) is 0 Å². The summed E-state index contributed by atoms with van der Waals surface area (Å²) < 4.78 is 111. The van der Waals surface area contributed by atoms with Crippen molar-refractivity contribution >= 4 is 11.9 Å². The lowest BCUT2D eigenvalue weighted by molar-refractivity contribution is -0.288. The molecule has 4 aromatic carbocycles. The zero-order chi connectivity index (χ0) is 41.3. The maximum Gasteiger partial charge on any atom is 0.411 e. The fourth-order valence-electron chi connectivity index (χ4n) is 6.38. The van der Waals surface area contributed by atoms with Crippen LogP contribution in [0.1, 0.15) is 123 Å². The van der Waals surface area contributed by atoms with Crippen LogP contribution in [0.15, 0.2) is 97.1 Å². The molecule has 0 atom stereocenters. The van der Waals surface area contributed by atoms with Gasteiger partial charge < -0.3 is 18.9 Å². The maximum absolute atomic E-state index is 14.8. The number of esters is 2. The van der Waals surface area contributed by atoms with Crippen LogP contribution in [0.2, 0.25) is 0 Å². The summed E-state index contributed by atoms with van der Waals surface area (Å²) in [6.07, 6.45) is 1.52. The summed E-state index contributed by atoms with van der Waals surface area (Å²) in [5.74, 6) is -1.15. The van der Waals surface area contributed by atoms with Crippen LogP contribution in [-0.4, -0.2) is 37.5 Å². The number of hydrogen-bond donors (Lipinski definition) is 0. The molecular weight excluding hydrogens is 750 g/mol. The highest BCUT2D eigenvalue weighted by Crippen LogP contribution is 2.56. The van der Waals surface area contributed by atoms with Gasteiger partial charge in [-0.05, 0) is 96.8 Å². The molecule has 12 heteroatoms. The molecule has 57 heavy (non-hydrogen) atoms. The Morgan fingerprint density at radius 2 is 0.719 bits per heavy atom. The van der Waals surface area contributed by atoms with E-state index in [0.29, 0.717) is 49.0 Å². The molecule has 0 aliphatic heterocycles. The van der Waals surface area contributed by atoms with Gasteiger partial charge in [-0.25, -0.2) is 9.59 Å². The van der Waals surface area contributed by atoms with Crippen molar-refractivity contribution in [3.63, 3.8) is 0 Å². The largest absolute Gasteiger partial charge is 0.494 e. The van der Waals surface area contributed by atoms with E-state index in [4.69, 9.17) is 18.9 Å². The lowest BCUT2D eigenvalue weighted by Crippen LogP contribution is -2.54. The van der Waals surface area contributed by atoms with Gasteiger partial charge in [0.15, 0.2) is 0 Å². The van der Waals surface area contributed by atoms with E-state index in [0.717, 1.165) is 62.8 Å². The van der Waals surface area contributed by atoms with Crippen molar-refractivity contribution in [2.75, 3.05) is 13.2 Å². The Labute approximate surface area is 330 Å². The fraction of sp³-hybridized carbons (Fsp3) is 0.422. The maximum atomic E-state index is 14.8. The molecule has 0 bridgehead atoms. The molecule has 0 unspecified atom stereocenters. The van der Waals surface area contributed by atoms with Crippen LogP contribution < -0.4 is 18.9 Å². The van der Waals surface area contributed by atoms with E-state index in [9.17, 15) is 35.9 Å². The summed E-state index contributed by atoms with van der Waals surface area (Å²) in [6, 6.07) is 18.1. The predicted molar refractivity (Wildman–Crippen MR) is 206 cm³/mol. The van der Waals surface area contributed by atoms with Crippen LogP contribution in [0.5, 0.6) is 23.0 Å². The van der Waals surface area contributed by atoms with Crippen LogP contribution in [0.25, 0.3) is 0 Å². The number of unbranched alkanes of at least 4 members (excludes halogenated alkanes) is 10. The minimum atomic E-state index is -5.86. The van der Waals surface area contributed by atoms with Gasteiger partial charge in [0, 0.05) is 0 Å². The second kappa shape index (κ2) is 21.5. The number of benzene rings is 4. The quantitative estimate of drug-likeness (QED) is 0.0341. The van der Waals surface area contributed by atoms with Crippen molar-refractivity contribution in [2.45, 2.75) is 109 Å². The zero-order valence-corrected chi connectivity index (χ0v) is 32.4. The van der Waals surface area contributed by atoms with Crippen LogP contribution in [0, 0.1) is 0 Å². The monoisotopic (exact) mass is 800 g/mol. The molecule has 0 heterocycles. The molecule has 0 aliphatic rings. The first-order valence-electron chi connectivity index (χ1n) is 19.5. The van der Waals surface area contributed by atoms with Gasteiger partial charge in [-0.3, -0.25) is 0 Å². The average molecular weight is 801 g/mol. The smallest absolute Gasteiger partial charge is 0.411 e. The number of hydrogen-bond acceptors (Lipinski definition) is 6. The summed E-state index contributed by atoms with van der Waals surface area (Å²) in [4.78, 5) is 25.5. The predicted octanol–water partition coefficient (Wildman–Crippen LogP) is 13.0. The Morgan fingerprint density at radius 1 is 0.421 bits per heavy atom. The topological polar surface area (TPSA) is 71.1 Å². The highest BCUT2D eigenvalue weighted by atomic mass is 19.4. The van der Waals surface area contributed by atoms with Gasteiger partial charge in [0.25, 0.3) is 0 Å². The van der Waals surface area contributed by atoms with Crippen molar-refractivity contribution in [2.24, 2.45) is 0 Å². The third kappa shape index (κ3) is 12.5. The first-order chi connectivity index (χ1) is 27.3. The molecule has 4 aromatic rings. The molecule has 0 amide bonds. The van der Waals surface area contributed by atoms with Crippen LogP contribution in [0.4, 0.5) is 26.3 Å². The molecule has 0 aliphatic carbocycles. The van der Waals surface area contributed by atoms with Gasteiger partial charge in [-0.1, -0.05) is 102 Å². The van der Waals surface area contributed by atoms with E-state index in [2.05, 4.69) is 13.8 Å². The van der Waals surface area contributed by atoms with Gasteiger partial charge in [-0.2, -0.15) is 26.3 Å². The molecular formula is C45H50F6O6. The van der Waals surface area contributed by atoms with Crippen LogP contribution in [-0.2, 0) is 5.41 Å². The summed E-state index contributed by atoms with van der Waals surface area (Å²) in [5.41, 5.74) is -6.56. The Kier molecular flexibility index (Phi) is 16.9. The third-order valence-corrected chi connectivity index (χ3v) is 9.56. The summed E-state index contributed by atoms with van der Waals surface area (Å²) in [5, 5.41) is 0. The van der Waals surface area contributed by atoms with Crippen molar-refractivity contribution in [1.29, 1.82) is 0 Å². The highest BCUT2D eigenvalue weighted by molar-refractivity contribution is 5.91. The molecule has 0 aromatic heterocycles. The molecule has 0 saturated carbocycles. The Hall–Kier alpha value is -5.00. The molecule has 4 rings (SSSR count). The number of halogens is 6. The van der Waals surface area contributed by atoms with Crippen molar-refractivity contribution in [3.8, 4) is 23.0 Å². The molecule has 0 N–H and O–H groups in total. The van der Waals surface area contributed by atoms with Crippen LogP contribution >= 0.6 is 0 Å². The SMILES string of the molecule is CCCCCCCCOc1ccc(C(=O)Oc2ccc(C(c3ccc(OC(=O)c4ccc(OCCCCCCCC)cc4)cc3)(C(F)(F)F)C(F)(F)F)cc2)cc1. The number of carbonyl (C=O) groups is 2. The number of alkyl halides is 6. The van der Waals surface area contributed by atoms with Crippen molar-refractivity contribution < 1.29 is 54.9 Å². The minimum absolute atomic E-state index is 0.108. The lowest BCUT2D eigenvalue weighted by atomic mass is 9.73. The second-order valence-corrected chi connectivity index (χ2v) is 13.9. The Balaban J connectivity index is 1.40. The molecule has 0 radical (unpaired) electrons. The summed E-state index contributed by atoms with van der Waals surface area (Å²) >= 11 is 0. The number of rotatable bonds is 22. The molecule has 308 valence electrons. The summed E-state index contributed by atoms with van der Waals surface area (Å²) in [6.45, 7) is 5.33. The second-order valence-electron chi connectivity index (χ2n) is 13.9. The third-order valence-electron chi connectivity index (χ3n) is 9.56. The molecule has 0 fully saturated rings. The minimum Gasteiger partial charge on any atom is -0.494 e. The van der Waals surface area contributed by atoms with Gasteiger partial charge in [0.05, 0.1) is 24.3 Å². The van der Waals surface area contributed by atoms with E-state index in [1.807, 2.05) is 0 Å². The van der Waals surface area contributed by atoms with Gasteiger partial charge >= 0.3 is 24.3 Å². The first-order valence-corrected chi connectivity index (χ1v) is 19.5. The Bertz CT molecular complexity index is 1670. The average Bonchev–Trinajstić information content (AvgIpc) is 3.18. The van der Waals surface area contributed by atoms with Gasteiger partial charge in [0.2, 0.25) is 5.41 Å². The number of ether oxygens (including phenoxy) is 4. The van der Waals surface area contributed by atoms with Gasteiger partial charge in [-0.15, -0.1) is 0 Å². The van der Waals surface area contributed by atoms with E-state index in [1.165, 1.54) is 62.8 Å². The van der Waals surface area contributed by atoms with E-state index in [-0.39, 0.29) is 22.6 Å². The standard InChI is InChI=1S/C45H50F6O6/c1-3-5-7-9-11-13-31-54-37-23-15-33(16-24-37)41(52)56-39-27-19-35(20-28-39)43(44(46,47)48,45(49,50)51)36-21-29-40(30-22-36)57-42(53)34-17-25-38(26-18-34)55-32-14-12-10-8-6-4-2/h15-30H,3-14,31-32H2,1-2H3. The summed E-state index contributed by atoms with van der Waals surface area (Å²) in [7, 11) is 0.